The minimum Gasteiger partial charge on any atom is -0.340 e. The van der Waals surface area contributed by atoms with Crippen LogP contribution in [-0.2, 0) is 11.0 Å². The molecule has 1 aliphatic heterocycles. The highest BCUT2D eigenvalue weighted by atomic mass is 19.4. The number of ketones is 1. The Morgan fingerprint density at radius 1 is 1.07 bits per heavy atom. The standard InChI is InChI=1S/C24H24F3NO/c1-4-5-21-22(29)14-15-28(20-12-8-17(9-13-20)16(2)3)23(21)18-6-10-19(11-7-18)24(25,26)27/h4,6-16,21,23H,1,5H2,2-3H3/t21-,23?/m1/s1. The molecular formula is C24H24F3NO. The summed E-state index contributed by atoms with van der Waals surface area (Å²) in [5, 5.41) is 0. The monoisotopic (exact) mass is 399 g/mol. The number of rotatable bonds is 5. The van der Waals surface area contributed by atoms with Gasteiger partial charge in [0, 0.05) is 11.9 Å². The van der Waals surface area contributed by atoms with Crippen LogP contribution >= 0.6 is 0 Å². The molecule has 152 valence electrons. The predicted molar refractivity (Wildman–Crippen MR) is 110 cm³/mol. The van der Waals surface area contributed by atoms with E-state index in [2.05, 4.69) is 20.4 Å². The largest absolute Gasteiger partial charge is 0.416 e. The van der Waals surface area contributed by atoms with Gasteiger partial charge in [-0.25, -0.2) is 0 Å². The maximum Gasteiger partial charge on any atom is 0.416 e. The second-order valence-corrected chi connectivity index (χ2v) is 7.57. The van der Waals surface area contributed by atoms with Gasteiger partial charge in [-0.15, -0.1) is 6.58 Å². The Kier molecular flexibility index (Phi) is 5.96. The lowest BCUT2D eigenvalue weighted by atomic mass is 9.83. The summed E-state index contributed by atoms with van der Waals surface area (Å²) in [4.78, 5) is 14.5. The van der Waals surface area contributed by atoms with Crippen molar-refractivity contribution in [3.05, 3.63) is 90.2 Å². The third-order valence-corrected chi connectivity index (χ3v) is 5.30. The average Bonchev–Trinajstić information content (AvgIpc) is 2.69. The Bertz CT molecular complexity index is 895. The Balaban J connectivity index is 2.04. The van der Waals surface area contributed by atoms with Crippen LogP contribution in [0.4, 0.5) is 18.9 Å². The molecule has 0 N–H and O–H groups in total. The fourth-order valence-corrected chi connectivity index (χ4v) is 3.68. The van der Waals surface area contributed by atoms with Crippen LogP contribution in [0.1, 0.15) is 48.9 Å². The van der Waals surface area contributed by atoms with Gasteiger partial charge in [0.15, 0.2) is 5.78 Å². The van der Waals surface area contributed by atoms with Crippen LogP contribution < -0.4 is 4.90 Å². The van der Waals surface area contributed by atoms with E-state index in [0.717, 1.165) is 17.8 Å². The van der Waals surface area contributed by atoms with Crippen molar-refractivity contribution in [3.8, 4) is 0 Å². The molecule has 5 heteroatoms. The van der Waals surface area contributed by atoms with E-state index in [-0.39, 0.29) is 5.78 Å². The van der Waals surface area contributed by atoms with E-state index >= 15 is 0 Å². The van der Waals surface area contributed by atoms with Crippen molar-refractivity contribution < 1.29 is 18.0 Å². The van der Waals surface area contributed by atoms with E-state index in [1.165, 1.54) is 23.8 Å². The molecule has 0 saturated carbocycles. The molecule has 0 amide bonds. The topological polar surface area (TPSA) is 20.3 Å². The molecule has 29 heavy (non-hydrogen) atoms. The Morgan fingerprint density at radius 3 is 2.21 bits per heavy atom. The molecule has 2 atom stereocenters. The summed E-state index contributed by atoms with van der Waals surface area (Å²) in [6.07, 6.45) is 0.974. The zero-order chi connectivity index (χ0) is 21.2. The summed E-state index contributed by atoms with van der Waals surface area (Å²) < 4.78 is 38.9. The van der Waals surface area contributed by atoms with Crippen LogP contribution in [0.2, 0.25) is 0 Å². The van der Waals surface area contributed by atoms with Crippen LogP contribution in [0.15, 0.2) is 73.5 Å². The van der Waals surface area contributed by atoms with Gasteiger partial charge >= 0.3 is 6.18 Å². The molecule has 1 aliphatic rings. The molecule has 3 rings (SSSR count). The van der Waals surface area contributed by atoms with Crippen molar-refractivity contribution in [2.45, 2.75) is 38.4 Å². The van der Waals surface area contributed by atoms with Gasteiger partial charge < -0.3 is 4.90 Å². The molecule has 2 aromatic rings. The van der Waals surface area contributed by atoms with Gasteiger partial charge in [0.1, 0.15) is 0 Å². The van der Waals surface area contributed by atoms with Crippen LogP contribution in [-0.4, -0.2) is 5.78 Å². The van der Waals surface area contributed by atoms with Crippen molar-refractivity contribution in [2.75, 3.05) is 4.90 Å². The summed E-state index contributed by atoms with van der Waals surface area (Å²) in [5.41, 5.74) is 2.04. The van der Waals surface area contributed by atoms with Crippen molar-refractivity contribution in [1.82, 2.24) is 0 Å². The second kappa shape index (κ2) is 8.27. The predicted octanol–water partition coefficient (Wildman–Crippen LogP) is 6.67. The maximum absolute atomic E-state index is 13.0. The van der Waals surface area contributed by atoms with E-state index in [0.29, 0.717) is 17.9 Å². The van der Waals surface area contributed by atoms with Gasteiger partial charge in [0.25, 0.3) is 0 Å². The zero-order valence-electron chi connectivity index (χ0n) is 16.5. The molecule has 0 saturated heterocycles. The molecule has 0 spiro atoms. The van der Waals surface area contributed by atoms with Crippen LogP contribution in [0, 0.1) is 5.92 Å². The van der Waals surface area contributed by atoms with Crippen LogP contribution in [0.5, 0.6) is 0 Å². The minimum atomic E-state index is -4.40. The van der Waals surface area contributed by atoms with Crippen molar-refractivity contribution in [3.63, 3.8) is 0 Å². The average molecular weight is 399 g/mol. The van der Waals surface area contributed by atoms with E-state index < -0.39 is 23.7 Å². The zero-order valence-corrected chi connectivity index (χ0v) is 16.5. The van der Waals surface area contributed by atoms with Crippen LogP contribution in [0.3, 0.4) is 0 Å². The van der Waals surface area contributed by atoms with E-state index in [1.807, 2.05) is 29.2 Å². The number of halogens is 3. The summed E-state index contributed by atoms with van der Waals surface area (Å²) in [6, 6.07) is 12.7. The van der Waals surface area contributed by atoms with Crippen LogP contribution in [0.25, 0.3) is 0 Å². The fraction of sp³-hybridized carbons (Fsp3) is 0.292. The maximum atomic E-state index is 13.0. The number of alkyl halides is 3. The first kappa shape index (κ1) is 20.9. The number of anilines is 1. The first-order valence-electron chi connectivity index (χ1n) is 9.60. The Labute approximate surface area is 169 Å². The third kappa shape index (κ3) is 4.44. The number of carbonyl (C=O) groups excluding carboxylic acids is 1. The first-order chi connectivity index (χ1) is 13.7. The number of carbonyl (C=O) groups is 1. The number of allylic oxidation sites excluding steroid dienone is 2. The van der Waals surface area contributed by atoms with Gasteiger partial charge in [0.05, 0.1) is 17.5 Å². The Morgan fingerprint density at radius 2 is 1.69 bits per heavy atom. The number of hydrogen-bond donors (Lipinski definition) is 0. The Hall–Kier alpha value is -2.82. The highest BCUT2D eigenvalue weighted by Gasteiger charge is 2.36. The van der Waals surface area contributed by atoms with E-state index in [9.17, 15) is 18.0 Å². The summed E-state index contributed by atoms with van der Waals surface area (Å²) in [5.74, 6) is -0.0781. The van der Waals surface area contributed by atoms with Gasteiger partial charge in [-0.05, 0) is 53.8 Å². The number of nitrogens with zero attached hydrogens (tertiary/aromatic N) is 1. The lowest BCUT2D eigenvalue weighted by Gasteiger charge is -2.38. The lowest BCUT2D eigenvalue weighted by Crippen LogP contribution is -2.37. The molecule has 2 nitrogen and oxygen atoms in total. The molecule has 0 aliphatic carbocycles. The number of hydrogen-bond acceptors (Lipinski definition) is 2. The number of benzene rings is 2. The summed E-state index contributed by atoms with van der Waals surface area (Å²) >= 11 is 0. The molecule has 0 aromatic heterocycles. The fourth-order valence-electron chi connectivity index (χ4n) is 3.68. The van der Waals surface area contributed by atoms with E-state index in [1.54, 1.807) is 12.3 Å². The van der Waals surface area contributed by atoms with E-state index in [4.69, 9.17) is 0 Å². The van der Waals surface area contributed by atoms with Gasteiger partial charge in [0.2, 0.25) is 0 Å². The lowest BCUT2D eigenvalue weighted by molar-refractivity contribution is -0.137. The first-order valence-corrected chi connectivity index (χ1v) is 9.60. The molecule has 0 fully saturated rings. The molecular weight excluding hydrogens is 375 g/mol. The normalized spacial score (nSPS) is 19.7. The molecule has 2 aromatic carbocycles. The van der Waals surface area contributed by atoms with Gasteiger partial charge in [-0.1, -0.05) is 44.2 Å². The van der Waals surface area contributed by atoms with Crippen molar-refractivity contribution in [1.29, 1.82) is 0 Å². The molecule has 0 radical (unpaired) electrons. The summed E-state index contributed by atoms with van der Waals surface area (Å²) in [7, 11) is 0. The summed E-state index contributed by atoms with van der Waals surface area (Å²) in [6.45, 7) is 7.97. The van der Waals surface area contributed by atoms with Crippen molar-refractivity contribution >= 4 is 11.5 Å². The smallest absolute Gasteiger partial charge is 0.340 e. The molecule has 0 bridgehead atoms. The highest BCUT2D eigenvalue weighted by Crippen LogP contribution is 2.40. The van der Waals surface area contributed by atoms with Gasteiger partial charge in [-0.2, -0.15) is 13.2 Å². The third-order valence-electron chi connectivity index (χ3n) is 5.30. The van der Waals surface area contributed by atoms with Crippen molar-refractivity contribution in [2.24, 2.45) is 5.92 Å². The second-order valence-electron chi connectivity index (χ2n) is 7.57. The highest BCUT2D eigenvalue weighted by molar-refractivity contribution is 5.94. The van der Waals surface area contributed by atoms with Gasteiger partial charge in [-0.3, -0.25) is 4.79 Å². The quantitative estimate of drug-likeness (QED) is 0.524. The minimum absolute atomic E-state index is 0.0511. The SMILES string of the molecule is C=CC[C@@H]1C(=O)C=CN(c2ccc(C(C)C)cc2)C1c1ccc(C(F)(F)F)cc1. The molecule has 1 unspecified atom stereocenters. The molecule has 1 heterocycles.